The number of aromatic nitrogens is 2. The van der Waals surface area contributed by atoms with Gasteiger partial charge in [0.2, 0.25) is 16.3 Å². The first kappa shape index (κ1) is 12.8. The largest absolute Gasteiger partial charge is 0.329 e. The van der Waals surface area contributed by atoms with Crippen molar-refractivity contribution < 1.29 is 9.59 Å². The maximum absolute atomic E-state index is 12.4. The third-order valence-corrected chi connectivity index (χ3v) is 4.52. The van der Waals surface area contributed by atoms with Crippen molar-refractivity contribution in [1.82, 2.24) is 20.0 Å². The minimum atomic E-state index is -0.279. The number of piperazine rings is 1. The van der Waals surface area contributed by atoms with Crippen LogP contribution in [0.5, 0.6) is 0 Å². The molecule has 2 amide bonds. The summed E-state index contributed by atoms with van der Waals surface area (Å²) in [4.78, 5) is 27.7. The lowest BCUT2D eigenvalue weighted by Gasteiger charge is -2.42. The number of fused-ring (bicyclic) bond motifs is 1. The summed E-state index contributed by atoms with van der Waals surface area (Å²) >= 11 is 6.96. The van der Waals surface area contributed by atoms with E-state index in [0.717, 1.165) is 19.3 Å². The van der Waals surface area contributed by atoms with Crippen LogP contribution in [-0.2, 0) is 16.1 Å². The van der Waals surface area contributed by atoms with Gasteiger partial charge in [0.05, 0.1) is 6.54 Å². The number of hydrogen-bond donors (Lipinski definition) is 0. The lowest BCUT2D eigenvalue weighted by molar-refractivity contribution is -0.158. The summed E-state index contributed by atoms with van der Waals surface area (Å²) in [6.07, 6.45) is 2.75. The van der Waals surface area contributed by atoms with Crippen molar-refractivity contribution in [2.45, 2.75) is 31.8 Å². The minimum Gasteiger partial charge on any atom is -0.329 e. The molecule has 2 saturated heterocycles. The van der Waals surface area contributed by atoms with Crippen molar-refractivity contribution in [2.24, 2.45) is 0 Å². The van der Waals surface area contributed by atoms with Crippen molar-refractivity contribution in [2.75, 3.05) is 13.1 Å². The van der Waals surface area contributed by atoms with Gasteiger partial charge in [-0.1, -0.05) is 11.3 Å². The van der Waals surface area contributed by atoms with E-state index in [1.165, 1.54) is 11.3 Å². The number of rotatable bonds is 2. The van der Waals surface area contributed by atoms with Gasteiger partial charge in [-0.3, -0.25) is 9.59 Å². The van der Waals surface area contributed by atoms with Crippen LogP contribution in [0.2, 0.25) is 4.47 Å². The van der Waals surface area contributed by atoms with E-state index in [9.17, 15) is 9.59 Å². The van der Waals surface area contributed by atoms with E-state index < -0.39 is 0 Å². The average Bonchev–Trinajstić information content (AvgIpc) is 2.81. The van der Waals surface area contributed by atoms with Crippen molar-refractivity contribution in [1.29, 1.82) is 0 Å². The molecule has 2 fully saturated rings. The average molecular weight is 301 g/mol. The van der Waals surface area contributed by atoms with E-state index >= 15 is 0 Å². The second-order valence-electron chi connectivity index (χ2n) is 4.74. The van der Waals surface area contributed by atoms with Gasteiger partial charge in [0.15, 0.2) is 0 Å². The Morgan fingerprint density at radius 1 is 1.32 bits per heavy atom. The van der Waals surface area contributed by atoms with Crippen LogP contribution in [0.4, 0.5) is 0 Å². The summed E-state index contributed by atoms with van der Waals surface area (Å²) < 4.78 is 0.352. The zero-order valence-corrected chi connectivity index (χ0v) is 11.8. The van der Waals surface area contributed by atoms with Crippen LogP contribution >= 0.6 is 22.9 Å². The van der Waals surface area contributed by atoms with Crippen LogP contribution in [0, 0.1) is 0 Å². The zero-order valence-electron chi connectivity index (χ0n) is 10.2. The van der Waals surface area contributed by atoms with Gasteiger partial charge in [-0.25, -0.2) is 0 Å². The molecule has 1 aromatic rings. The van der Waals surface area contributed by atoms with E-state index in [2.05, 4.69) is 10.2 Å². The Hall–Kier alpha value is -1.21. The Balaban J connectivity index is 1.75. The molecular weight excluding hydrogens is 288 g/mol. The van der Waals surface area contributed by atoms with Gasteiger partial charge in [-0.15, -0.1) is 10.2 Å². The van der Waals surface area contributed by atoms with Crippen molar-refractivity contribution >= 4 is 34.8 Å². The van der Waals surface area contributed by atoms with Crippen LogP contribution in [0.15, 0.2) is 0 Å². The lowest BCUT2D eigenvalue weighted by Crippen LogP contribution is -2.60. The Kier molecular flexibility index (Phi) is 3.40. The molecule has 0 spiro atoms. The fourth-order valence-electron chi connectivity index (χ4n) is 2.62. The number of hydrogen-bond acceptors (Lipinski definition) is 5. The van der Waals surface area contributed by atoms with Crippen LogP contribution in [0.1, 0.15) is 24.3 Å². The predicted octanol–water partition coefficient (Wildman–Crippen LogP) is 0.915. The van der Waals surface area contributed by atoms with Gasteiger partial charge >= 0.3 is 0 Å². The first-order valence-corrected chi connectivity index (χ1v) is 7.41. The summed E-state index contributed by atoms with van der Waals surface area (Å²) in [5.41, 5.74) is 0. The minimum absolute atomic E-state index is 0.0191. The molecule has 1 unspecified atom stereocenters. The highest BCUT2D eigenvalue weighted by atomic mass is 35.5. The quantitative estimate of drug-likeness (QED) is 0.814. The van der Waals surface area contributed by atoms with Crippen molar-refractivity contribution in [3.8, 4) is 0 Å². The molecular formula is C11H13ClN4O2S. The van der Waals surface area contributed by atoms with Crippen molar-refractivity contribution in [3.05, 3.63) is 9.47 Å². The molecule has 1 atom stereocenters. The fraction of sp³-hybridized carbons (Fsp3) is 0.636. The van der Waals surface area contributed by atoms with Gasteiger partial charge in [0.25, 0.3) is 0 Å². The monoisotopic (exact) mass is 300 g/mol. The number of amides is 2. The van der Waals surface area contributed by atoms with Crippen LogP contribution in [-0.4, -0.2) is 50.9 Å². The summed E-state index contributed by atoms with van der Waals surface area (Å²) in [6, 6.07) is -0.279. The third kappa shape index (κ3) is 2.44. The van der Waals surface area contributed by atoms with Crippen LogP contribution in [0.3, 0.4) is 0 Å². The molecule has 8 heteroatoms. The van der Waals surface area contributed by atoms with Gasteiger partial charge in [-0.2, -0.15) is 0 Å². The van der Waals surface area contributed by atoms with Crippen LogP contribution in [0.25, 0.3) is 0 Å². The summed E-state index contributed by atoms with van der Waals surface area (Å²) in [6.45, 7) is 1.15. The molecule has 0 N–H and O–H groups in total. The van der Waals surface area contributed by atoms with E-state index in [1.807, 2.05) is 0 Å². The molecule has 2 aliphatic heterocycles. The van der Waals surface area contributed by atoms with Gasteiger partial charge in [0.1, 0.15) is 17.6 Å². The summed E-state index contributed by atoms with van der Waals surface area (Å²) in [5.74, 6) is 0.0468. The second-order valence-corrected chi connectivity index (χ2v) is 6.39. The lowest BCUT2D eigenvalue weighted by atomic mass is 9.98. The highest BCUT2D eigenvalue weighted by Gasteiger charge is 2.40. The second kappa shape index (κ2) is 5.05. The topological polar surface area (TPSA) is 66.4 Å². The zero-order chi connectivity index (χ0) is 13.4. The third-order valence-electron chi connectivity index (χ3n) is 3.51. The van der Waals surface area contributed by atoms with Crippen LogP contribution < -0.4 is 0 Å². The predicted molar refractivity (Wildman–Crippen MR) is 69.7 cm³/mol. The summed E-state index contributed by atoms with van der Waals surface area (Å²) in [7, 11) is 0. The molecule has 3 heterocycles. The summed E-state index contributed by atoms with van der Waals surface area (Å²) in [5, 5.41) is 8.26. The molecule has 3 rings (SSSR count). The first-order chi connectivity index (χ1) is 9.15. The maximum Gasteiger partial charge on any atom is 0.246 e. The highest BCUT2D eigenvalue weighted by Crippen LogP contribution is 2.25. The molecule has 0 aliphatic carbocycles. The Morgan fingerprint density at radius 3 is 2.89 bits per heavy atom. The molecule has 0 saturated carbocycles. The number of nitrogens with zero attached hydrogens (tertiary/aromatic N) is 4. The van der Waals surface area contributed by atoms with E-state index in [4.69, 9.17) is 11.6 Å². The Labute approximate surface area is 119 Å². The molecule has 0 radical (unpaired) electrons. The van der Waals surface area contributed by atoms with Crippen molar-refractivity contribution in [3.63, 3.8) is 0 Å². The van der Waals surface area contributed by atoms with E-state index in [1.54, 1.807) is 9.80 Å². The Bertz CT molecular complexity index is 521. The number of halogens is 1. The maximum atomic E-state index is 12.4. The molecule has 0 aromatic carbocycles. The molecule has 0 bridgehead atoms. The molecule has 6 nitrogen and oxygen atoms in total. The number of carbonyl (C=O) groups excluding carboxylic acids is 2. The van der Waals surface area contributed by atoms with E-state index in [0.29, 0.717) is 22.6 Å². The van der Waals surface area contributed by atoms with Gasteiger partial charge in [-0.05, 0) is 30.9 Å². The molecule has 2 aliphatic rings. The SMILES string of the molecule is O=C1C2CCCCN2C(=O)CN1Cc1nnc(Cl)s1. The fourth-order valence-corrected chi connectivity index (χ4v) is 3.51. The number of carbonyl (C=O) groups is 2. The molecule has 1 aromatic heterocycles. The standard InChI is InChI=1S/C11H13ClN4O2S/c12-11-14-13-8(19-11)5-15-6-9(17)16-4-2-1-3-7(16)10(15)18/h7H,1-6H2. The number of piperidine rings is 1. The Morgan fingerprint density at radius 2 is 2.16 bits per heavy atom. The molecule has 102 valence electrons. The van der Waals surface area contributed by atoms with Gasteiger partial charge in [0, 0.05) is 6.54 Å². The van der Waals surface area contributed by atoms with E-state index in [-0.39, 0.29) is 24.4 Å². The normalized spacial score (nSPS) is 23.7. The smallest absolute Gasteiger partial charge is 0.246 e. The molecule has 19 heavy (non-hydrogen) atoms. The van der Waals surface area contributed by atoms with Gasteiger partial charge < -0.3 is 9.80 Å². The first-order valence-electron chi connectivity index (χ1n) is 6.21. The highest BCUT2D eigenvalue weighted by molar-refractivity contribution is 7.15.